The summed E-state index contributed by atoms with van der Waals surface area (Å²) >= 11 is 1.12. The summed E-state index contributed by atoms with van der Waals surface area (Å²) in [6.45, 7) is 2.29. The van der Waals surface area contributed by atoms with Gasteiger partial charge in [-0.3, -0.25) is 24.1 Å². The van der Waals surface area contributed by atoms with Crippen LogP contribution in [0.1, 0.15) is 22.6 Å². The maximum atomic E-state index is 11.8. The normalized spacial score (nSPS) is 18.4. The number of nitrogens with one attached hydrogen (secondary N) is 1. The van der Waals surface area contributed by atoms with Crippen LogP contribution in [0.4, 0.5) is 0 Å². The first kappa shape index (κ1) is 16.5. The van der Waals surface area contributed by atoms with E-state index in [2.05, 4.69) is 5.32 Å². The SMILES string of the molecule is CC[C@@H]1CC(=O)N(CCNC(=O)CSCC(N)=O)C1=O.[HH].[HH]. The maximum absolute atomic E-state index is 11.8. The van der Waals surface area contributed by atoms with Gasteiger partial charge in [-0.25, -0.2) is 0 Å². The molecule has 0 aromatic heterocycles. The highest BCUT2D eigenvalue weighted by molar-refractivity contribution is 8.00. The smallest absolute Gasteiger partial charge is 0.232 e. The Labute approximate surface area is 124 Å². The highest BCUT2D eigenvalue weighted by Gasteiger charge is 2.36. The number of nitrogens with zero attached hydrogens (tertiary/aromatic N) is 1. The van der Waals surface area contributed by atoms with Crippen LogP contribution in [0.5, 0.6) is 0 Å². The Bertz CT molecular complexity index is 423. The summed E-state index contributed by atoms with van der Waals surface area (Å²) in [5, 5.41) is 2.60. The van der Waals surface area contributed by atoms with Crippen molar-refractivity contribution < 1.29 is 22.0 Å². The van der Waals surface area contributed by atoms with Gasteiger partial charge in [0.15, 0.2) is 0 Å². The van der Waals surface area contributed by atoms with Gasteiger partial charge in [0, 0.05) is 28.3 Å². The van der Waals surface area contributed by atoms with Gasteiger partial charge in [0.1, 0.15) is 0 Å². The monoisotopic (exact) mass is 305 g/mol. The fraction of sp³-hybridized carbons (Fsp3) is 0.667. The lowest BCUT2D eigenvalue weighted by Gasteiger charge is -2.15. The van der Waals surface area contributed by atoms with Crippen LogP contribution in [0.2, 0.25) is 0 Å². The van der Waals surface area contributed by atoms with Gasteiger partial charge in [-0.05, 0) is 6.42 Å². The van der Waals surface area contributed by atoms with Crippen molar-refractivity contribution in [1.29, 1.82) is 0 Å². The molecule has 7 nitrogen and oxygen atoms in total. The molecule has 4 amide bonds. The summed E-state index contributed by atoms with van der Waals surface area (Å²) < 4.78 is 0. The van der Waals surface area contributed by atoms with Gasteiger partial charge < -0.3 is 11.1 Å². The number of nitrogens with two attached hydrogens (primary N) is 1. The molecular formula is C12H23N3O4S. The molecule has 3 N–H and O–H groups in total. The number of hydrogen-bond acceptors (Lipinski definition) is 5. The van der Waals surface area contributed by atoms with Gasteiger partial charge in [0.05, 0.1) is 11.5 Å². The van der Waals surface area contributed by atoms with Gasteiger partial charge in [-0.2, -0.15) is 0 Å². The minimum absolute atomic E-state index is 0. The van der Waals surface area contributed by atoms with Crippen LogP contribution >= 0.6 is 11.8 Å². The van der Waals surface area contributed by atoms with E-state index in [1.807, 2.05) is 6.92 Å². The van der Waals surface area contributed by atoms with E-state index in [4.69, 9.17) is 5.73 Å². The van der Waals surface area contributed by atoms with Crippen LogP contribution < -0.4 is 11.1 Å². The van der Waals surface area contributed by atoms with E-state index in [0.717, 1.165) is 11.8 Å². The second kappa shape index (κ2) is 7.88. The zero-order valence-electron chi connectivity index (χ0n) is 11.4. The summed E-state index contributed by atoms with van der Waals surface area (Å²) in [5.74, 6) is -1.06. The van der Waals surface area contributed by atoms with Gasteiger partial charge in [-0.1, -0.05) is 6.92 Å². The quantitative estimate of drug-likeness (QED) is 0.593. The number of carbonyl (C=O) groups is 4. The first-order valence-electron chi connectivity index (χ1n) is 6.42. The number of thioether (sulfide) groups is 1. The minimum Gasteiger partial charge on any atom is -0.369 e. The molecule has 1 heterocycles. The van der Waals surface area contributed by atoms with E-state index in [1.54, 1.807) is 0 Å². The number of rotatable bonds is 8. The zero-order valence-corrected chi connectivity index (χ0v) is 12.2. The molecule has 1 fully saturated rings. The summed E-state index contributed by atoms with van der Waals surface area (Å²) in [5.41, 5.74) is 4.95. The summed E-state index contributed by atoms with van der Waals surface area (Å²) in [6, 6.07) is 0. The predicted octanol–water partition coefficient (Wildman–Crippen LogP) is -0.402. The maximum Gasteiger partial charge on any atom is 0.232 e. The molecule has 20 heavy (non-hydrogen) atoms. The van der Waals surface area contributed by atoms with Gasteiger partial charge in [-0.15, -0.1) is 11.8 Å². The molecule has 0 radical (unpaired) electrons. The Kier molecular flexibility index (Phi) is 6.50. The van der Waals surface area contributed by atoms with Gasteiger partial charge in [0.2, 0.25) is 23.6 Å². The van der Waals surface area contributed by atoms with Crippen molar-refractivity contribution >= 4 is 35.4 Å². The van der Waals surface area contributed by atoms with Crippen LogP contribution in [0.25, 0.3) is 0 Å². The Balaban J connectivity index is 0. The van der Waals surface area contributed by atoms with Crippen molar-refractivity contribution in [2.75, 3.05) is 24.6 Å². The fourth-order valence-corrected chi connectivity index (χ4v) is 2.50. The first-order valence-corrected chi connectivity index (χ1v) is 7.58. The average Bonchev–Trinajstić information content (AvgIpc) is 2.65. The largest absolute Gasteiger partial charge is 0.369 e. The highest BCUT2D eigenvalue weighted by atomic mass is 32.2. The van der Waals surface area contributed by atoms with Crippen LogP contribution in [0.15, 0.2) is 0 Å². The number of amides is 4. The average molecular weight is 305 g/mol. The molecule has 1 saturated heterocycles. The second-order valence-corrected chi connectivity index (χ2v) is 5.49. The van der Waals surface area contributed by atoms with Crippen molar-refractivity contribution in [3.05, 3.63) is 0 Å². The summed E-state index contributed by atoms with van der Waals surface area (Å²) in [7, 11) is 0. The van der Waals surface area contributed by atoms with E-state index in [0.29, 0.717) is 6.42 Å². The lowest BCUT2D eigenvalue weighted by Crippen LogP contribution is -2.39. The molecule has 0 bridgehead atoms. The van der Waals surface area contributed by atoms with E-state index in [-0.39, 0.29) is 57.5 Å². The van der Waals surface area contributed by atoms with E-state index >= 15 is 0 Å². The summed E-state index contributed by atoms with van der Waals surface area (Å²) in [6.07, 6.45) is 0.912. The van der Waals surface area contributed by atoms with E-state index in [9.17, 15) is 19.2 Å². The lowest BCUT2D eigenvalue weighted by atomic mass is 10.1. The molecule has 0 unspecified atom stereocenters. The Hall–Kier alpha value is -1.57. The number of primary amides is 1. The van der Waals surface area contributed by atoms with Crippen LogP contribution in [0, 0.1) is 5.92 Å². The molecule has 1 atom stereocenters. The number of likely N-dealkylation sites (tertiary alicyclic amines) is 1. The molecule has 8 heteroatoms. The van der Waals surface area contributed by atoms with Gasteiger partial charge in [0.25, 0.3) is 0 Å². The van der Waals surface area contributed by atoms with Crippen molar-refractivity contribution in [2.45, 2.75) is 19.8 Å². The third-order valence-electron chi connectivity index (χ3n) is 2.97. The Morgan fingerprint density at radius 3 is 2.70 bits per heavy atom. The molecular weight excluding hydrogens is 282 g/mol. The topological polar surface area (TPSA) is 110 Å². The Morgan fingerprint density at radius 2 is 2.15 bits per heavy atom. The standard InChI is InChI=1S/C12H19N3O4S.2H2/c1-2-8-5-11(18)15(12(8)19)4-3-14-10(17)7-20-6-9(13)16;;/h8H,2-7H2,1H3,(H2,13,16)(H,14,17);2*1H/t8-;;/m1../s1. The zero-order chi connectivity index (χ0) is 15.1. The minimum atomic E-state index is -0.471. The van der Waals surface area contributed by atoms with Gasteiger partial charge >= 0.3 is 0 Å². The number of carbonyl (C=O) groups excluding carboxylic acids is 4. The number of imide groups is 1. The molecule has 0 aliphatic carbocycles. The van der Waals surface area contributed by atoms with Crippen molar-refractivity contribution in [3.8, 4) is 0 Å². The van der Waals surface area contributed by atoms with Crippen LogP contribution in [-0.2, 0) is 19.2 Å². The molecule has 116 valence electrons. The summed E-state index contributed by atoms with van der Waals surface area (Å²) in [4.78, 5) is 46.5. The molecule has 0 aromatic rings. The van der Waals surface area contributed by atoms with Crippen molar-refractivity contribution in [3.63, 3.8) is 0 Å². The first-order chi connectivity index (χ1) is 9.45. The highest BCUT2D eigenvalue weighted by Crippen LogP contribution is 2.21. The van der Waals surface area contributed by atoms with Crippen LogP contribution in [-0.4, -0.2) is 53.1 Å². The molecule has 1 aliphatic heterocycles. The van der Waals surface area contributed by atoms with Crippen molar-refractivity contribution in [2.24, 2.45) is 11.7 Å². The predicted molar refractivity (Wildman–Crippen MR) is 78.9 cm³/mol. The molecule has 1 aliphatic rings. The molecule has 0 aromatic carbocycles. The third-order valence-corrected chi connectivity index (χ3v) is 3.92. The van der Waals surface area contributed by atoms with Crippen molar-refractivity contribution in [1.82, 2.24) is 10.2 Å². The second-order valence-electron chi connectivity index (χ2n) is 4.50. The third kappa shape index (κ3) is 4.84. The van der Waals surface area contributed by atoms with E-state index in [1.165, 1.54) is 4.90 Å². The molecule has 0 saturated carbocycles. The number of hydrogen-bond donors (Lipinski definition) is 2. The van der Waals surface area contributed by atoms with E-state index < -0.39 is 5.91 Å². The Morgan fingerprint density at radius 1 is 1.45 bits per heavy atom. The lowest BCUT2D eigenvalue weighted by molar-refractivity contribution is -0.139. The fourth-order valence-electron chi connectivity index (χ4n) is 1.91. The van der Waals surface area contributed by atoms with Crippen LogP contribution in [0.3, 0.4) is 0 Å². The molecule has 0 spiro atoms. The molecule has 1 rings (SSSR count).